The molecule has 1 aromatic carbocycles. The maximum Gasteiger partial charge on any atom is 0.417 e. The Morgan fingerprint density at radius 2 is 0.654 bits per heavy atom. The Kier molecular flexibility index (Phi) is 5.72. The van der Waals surface area contributed by atoms with Crippen LogP contribution < -0.4 is 0 Å². The van der Waals surface area contributed by atoms with Crippen LogP contribution in [0.3, 0.4) is 0 Å². The van der Waals surface area contributed by atoms with E-state index in [1.165, 1.54) is 27.7 Å². The van der Waals surface area contributed by atoms with Crippen molar-refractivity contribution in [2.45, 2.75) is 40.0 Å². The first-order chi connectivity index (χ1) is 11.5. The molecule has 0 N–H and O–H groups in total. The lowest BCUT2D eigenvalue weighted by atomic mass is 9.78. The van der Waals surface area contributed by atoms with Crippen LogP contribution in [-0.4, -0.2) is 0 Å². The normalized spacial score (nSPS) is 12.1. The highest BCUT2D eigenvalue weighted by molar-refractivity contribution is 5.91. The average molecular weight is 374 g/mol. The van der Waals surface area contributed by atoms with Crippen LogP contribution in [0.25, 0.3) is 22.3 Å². The molecule has 0 nitrogen and oxygen atoms in total. The first-order valence-electron chi connectivity index (χ1n) is 7.55. The minimum atomic E-state index is -4.92. The van der Waals surface area contributed by atoms with Crippen LogP contribution in [0.5, 0.6) is 0 Å². The molecule has 0 spiro atoms. The summed E-state index contributed by atoms with van der Waals surface area (Å²) in [4.78, 5) is 0. The van der Waals surface area contributed by atoms with E-state index in [0.717, 1.165) is 0 Å². The number of rotatable bonds is 4. The van der Waals surface area contributed by atoms with Gasteiger partial charge in [-0.25, -0.2) is 0 Å². The Morgan fingerprint density at radius 3 is 0.731 bits per heavy atom. The fourth-order valence-electron chi connectivity index (χ4n) is 3.02. The first kappa shape index (κ1) is 21.8. The molecule has 0 aliphatic carbocycles. The molecule has 0 unspecified atom stereocenters. The van der Waals surface area contributed by atoms with Gasteiger partial charge in [-0.2, -0.15) is 26.3 Å². The van der Waals surface area contributed by atoms with Gasteiger partial charge in [-0.05, 0) is 72.2 Å². The standard InChI is InChI=1S/C20H20F6/c1-9(2)13-14(10(3)4)18(20(24,25)26)16(12(7)8)15(11(5)6)17(13)19(21,22)23/h1,3,5,7H2,2,4,6,8H3. The van der Waals surface area contributed by atoms with Gasteiger partial charge in [0.2, 0.25) is 0 Å². The van der Waals surface area contributed by atoms with E-state index in [9.17, 15) is 26.3 Å². The van der Waals surface area contributed by atoms with Crippen LogP contribution in [0.4, 0.5) is 26.3 Å². The van der Waals surface area contributed by atoms with Crippen molar-refractivity contribution in [1.29, 1.82) is 0 Å². The Hall–Kier alpha value is -2.24. The molecule has 1 rings (SSSR count). The van der Waals surface area contributed by atoms with Crippen molar-refractivity contribution in [3.05, 3.63) is 59.7 Å². The molecular formula is C20H20F6. The number of alkyl halides is 6. The second kappa shape index (κ2) is 6.82. The maximum absolute atomic E-state index is 13.9. The van der Waals surface area contributed by atoms with Crippen molar-refractivity contribution in [3.63, 3.8) is 0 Å². The summed E-state index contributed by atoms with van der Waals surface area (Å²) in [5.41, 5.74) is -5.40. The van der Waals surface area contributed by atoms with Crippen molar-refractivity contribution in [3.8, 4) is 0 Å². The second-order valence-electron chi connectivity index (χ2n) is 6.37. The van der Waals surface area contributed by atoms with E-state index in [4.69, 9.17) is 0 Å². The van der Waals surface area contributed by atoms with E-state index in [-0.39, 0.29) is 22.3 Å². The van der Waals surface area contributed by atoms with E-state index < -0.39 is 45.7 Å². The van der Waals surface area contributed by atoms with Crippen molar-refractivity contribution < 1.29 is 26.3 Å². The third-order valence-electron chi connectivity index (χ3n) is 3.77. The topological polar surface area (TPSA) is 0 Å². The molecule has 0 saturated heterocycles. The molecule has 0 atom stereocenters. The first-order valence-corrected chi connectivity index (χ1v) is 7.55. The fraction of sp³-hybridized carbons (Fsp3) is 0.300. The van der Waals surface area contributed by atoms with Gasteiger partial charge in [-0.1, -0.05) is 26.3 Å². The van der Waals surface area contributed by atoms with Gasteiger partial charge in [0.05, 0.1) is 11.1 Å². The number of allylic oxidation sites excluding steroid dienone is 4. The average Bonchev–Trinajstić information content (AvgIpc) is 2.41. The zero-order valence-corrected chi connectivity index (χ0v) is 15.1. The minimum absolute atomic E-state index is 0.142. The lowest BCUT2D eigenvalue weighted by molar-refractivity contribution is -0.142. The number of hydrogen-bond acceptors (Lipinski definition) is 0. The molecule has 0 amide bonds. The molecule has 0 aromatic heterocycles. The molecule has 26 heavy (non-hydrogen) atoms. The summed E-state index contributed by atoms with van der Waals surface area (Å²) in [5, 5.41) is 0. The number of hydrogen-bond donors (Lipinski definition) is 0. The van der Waals surface area contributed by atoms with Crippen LogP contribution in [0.1, 0.15) is 61.1 Å². The van der Waals surface area contributed by atoms with Gasteiger partial charge in [-0.15, -0.1) is 0 Å². The highest BCUT2D eigenvalue weighted by Crippen LogP contribution is 2.51. The monoisotopic (exact) mass is 374 g/mol. The summed E-state index contributed by atoms with van der Waals surface area (Å²) < 4.78 is 83.5. The summed E-state index contributed by atoms with van der Waals surface area (Å²) in [6, 6.07) is 0. The van der Waals surface area contributed by atoms with Gasteiger partial charge in [0.1, 0.15) is 0 Å². The summed E-state index contributed by atoms with van der Waals surface area (Å²) in [6.45, 7) is 18.9. The Morgan fingerprint density at radius 1 is 0.500 bits per heavy atom. The zero-order valence-electron chi connectivity index (χ0n) is 15.1. The van der Waals surface area contributed by atoms with E-state index >= 15 is 0 Å². The highest BCUT2D eigenvalue weighted by atomic mass is 19.4. The van der Waals surface area contributed by atoms with Gasteiger partial charge in [0.15, 0.2) is 0 Å². The fourth-order valence-corrected chi connectivity index (χ4v) is 3.02. The molecular weight excluding hydrogens is 354 g/mol. The summed E-state index contributed by atoms with van der Waals surface area (Å²) in [5.74, 6) is 0. The predicted molar refractivity (Wildman–Crippen MR) is 95.3 cm³/mol. The van der Waals surface area contributed by atoms with Crippen molar-refractivity contribution in [1.82, 2.24) is 0 Å². The predicted octanol–water partition coefficient (Wildman–Crippen LogP) is 7.86. The van der Waals surface area contributed by atoms with Crippen LogP contribution in [-0.2, 0) is 12.4 Å². The molecule has 142 valence electrons. The molecule has 0 aliphatic rings. The van der Waals surface area contributed by atoms with E-state index in [1.807, 2.05) is 0 Å². The van der Waals surface area contributed by atoms with Crippen LogP contribution >= 0.6 is 0 Å². The molecule has 0 heterocycles. The third-order valence-corrected chi connectivity index (χ3v) is 3.77. The summed E-state index contributed by atoms with van der Waals surface area (Å²) in [7, 11) is 0. The van der Waals surface area contributed by atoms with E-state index in [2.05, 4.69) is 26.3 Å². The Labute approximate surface area is 149 Å². The SMILES string of the molecule is C=C(C)c1c(C(=C)C)c(C(F)(F)F)c(C(=C)C)c(C(=C)C)c1C(F)(F)F. The van der Waals surface area contributed by atoms with Crippen LogP contribution in [0, 0.1) is 0 Å². The largest absolute Gasteiger partial charge is 0.417 e. The third kappa shape index (κ3) is 3.79. The molecule has 6 heteroatoms. The van der Waals surface area contributed by atoms with Crippen LogP contribution in [0.2, 0.25) is 0 Å². The van der Waals surface area contributed by atoms with Gasteiger partial charge < -0.3 is 0 Å². The lowest BCUT2D eigenvalue weighted by Gasteiger charge is -2.29. The Bertz CT molecular complexity index is 694. The molecule has 0 saturated carbocycles. The lowest BCUT2D eigenvalue weighted by Crippen LogP contribution is -2.22. The van der Waals surface area contributed by atoms with E-state index in [1.54, 1.807) is 0 Å². The van der Waals surface area contributed by atoms with Crippen molar-refractivity contribution in [2.75, 3.05) is 0 Å². The minimum Gasteiger partial charge on any atom is -0.166 e. The second-order valence-corrected chi connectivity index (χ2v) is 6.37. The maximum atomic E-state index is 13.9. The van der Waals surface area contributed by atoms with Crippen LogP contribution in [0.15, 0.2) is 26.3 Å². The molecule has 1 aromatic rings. The van der Waals surface area contributed by atoms with Gasteiger partial charge >= 0.3 is 12.4 Å². The van der Waals surface area contributed by atoms with Crippen molar-refractivity contribution in [2.24, 2.45) is 0 Å². The number of halogens is 6. The molecule has 0 radical (unpaired) electrons. The van der Waals surface area contributed by atoms with Gasteiger partial charge in [0, 0.05) is 0 Å². The molecule has 0 bridgehead atoms. The highest BCUT2D eigenvalue weighted by Gasteiger charge is 2.45. The zero-order chi connectivity index (χ0) is 20.8. The van der Waals surface area contributed by atoms with E-state index in [0.29, 0.717) is 0 Å². The summed E-state index contributed by atoms with van der Waals surface area (Å²) >= 11 is 0. The van der Waals surface area contributed by atoms with Gasteiger partial charge in [-0.3, -0.25) is 0 Å². The smallest absolute Gasteiger partial charge is 0.166 e. The quantitative estimate of drug-likeness (QED) is 0.471. The summed E-state index contributed by atoms with van der Waals surface area (Å²) in [6.07, 6.45) is -9.83. The van der Waals surface area contributed by atoms with Crippen molar-refractivity contribution >= 4 is 22.3 Å². The Balaban J connectivity index is 4.61. The van der Waals surface area contributed by atoms with Gasteiger partial charge in [0.25, 0.3) is 0 Å². The molecule has 0 aliphatic heterocycles. The number of benzene rings is 1. The molecule has 0 fully saturated rings.